The fourth-order valence-electron chi connectivity index (χ4n) is 3.65. The van der Waals surface area contributed by atoms with E-state index < -0.39 is 0 Å². The average molecular weight is 350 g/mol. The van der Waals surface area contributed by atoms with Crippen LogP contribution in [0.2, 0.25) is 0 Å². The Morgan fingerprint density at radius 1 is 0.680 bits per heavy atom. The standard InChI is InChI=1S/C23H45N2/c1-4-7-10-12-13-14-15-17-20-25-22-21-24(19-16-11-8-5-2)23(25)18-9-6-3/h21-22H,4-20H2,1-3H3/q+1. The lowest BCUT2D eigenvalue weighted by atomic mass is 10.1. The summed E-state index contributed by atoms with van der Waals surface area (Å²) >= 11 is 0. The van der Waals surface area contributed by atoms with Gasteiger partial charge in [-0.05, 0) is 32.1 Å². The molecule has 146 valence electrons. The molecule has 1 aromatic heterocycles. The minimum absolute atomic E-state index is 1.21. The zero-order valence-electron chi connectivity index (χ0n) is 17.6. The van der Waals surface area contributed by atoms with Gasteiger partial charge in [0.25, 0.3) is 5.82 Å². The summed E-state index contributed by atoms with van der Waals surface area (Å²) < 4.78 is 5.09. The second kappa shape index (κ2) is 15.5. The number of unbranched alkanes of at least 4 members (excludes halogenated alkanes) is 11. The third-order valence-corrected chi connectivity index (χ3v) is 5.35. The molecular formula is C23H45N2+. The highest BCUT2D eigenvalue weighted by atomic mass is 15.1. The van der Waals surface area contributed by atoms with Gasteiger partial charge in [-0.15, -0.1) is 0 Å². The van der Waals surface area contributed by atoms with Crippen molar-refractivity contribution in [2.45, 2.75) is 130 Å². The van der Waals surface area contributed by atoms with Crippen LogP contribution in [0.4, 0.5) is 0 Å². The van der Waals surface area contributed by atoms with Crippen molar-refractivity contribution in [3.8, 4) is 0 Å². The van der Waals surface area contributed by atoms with Gasteiger partial charge in [0.2, 0.25) is 0 Å². The molecule has 0 unspecified atom stereocenters. The Morgan fingerprint density at radius 3 is 1.88 bits per heavy atom. The first-order valence-electron chi connectivity index (χ1n) is 11.4. The molecule has 2 heteroatoms. The maximum Gasteiger partial charge on any atom is 0.256 e. The van der Waals surface area contributed by atoms with E-state index in [0.29, 0.717) is 0 Å². The number of imidazole rings is 1. The number of hydrogen-bond donors (Lipinski definition) is 0. The summed E-state index contributed by atoms with van der Waals surface area (Å²) in [6.07, 6.45) is 25.2. The maximum absolute atomic E-state index is 2.55. The Balaban J connectivity index is 2.34. The van der Waals surface area contributed by atoms with Gasteiger partial charge in [0.15, 0.2) is 0 Å². The molecule has 0 N–H and O–H groups in total. The molecule has 0 bridgehead atoms. The quantitative estimate of drug-likeness (QED) is 0.215. The van der Waals surface area contributed by atoms with Crippen LogP contribution in [0, 0.1) is 0 Å². The van der Waals surface area contributed by atoms with E-state index in [0.717, 1.165) is 0 Å². The van der Waals surface area contributed by atoms with Gasteiger partial charge in [0, 0.05) is 6.42 Å². The molecule has 1 aromatic rings. The van der Waals surface area contributed by atoms with Crippen LogP contribution in [0.1, 0.15) is 116 Å². The summed E-state index contributed by atoms with van der Waals surface area (Å²) in [6, 6.07) is 0. The number of rotatable bonds is 17. The highest BCUT2D eigenvalue weighted by Gasteiger charge is 2.15. The number of nitrogens with zero attached hydrogens (tertiary/aromatic N) is 2. The minimum atomic E-state index is 1.21. The lowest BCUT2D eigenvalue weighted by Gasteiger charge is -2.06. The van der Waals surface area contributed by atoms with Crippen LogP contribution < -0.4 is 4.57 Å². The van der Waals surface area contributed by atoms with Crippen molar-refractivity contribution in [3.63, 3.8) is 0 Å². The summed E-state index contributed by atoms with van der Waals surface area (Å²) in [5, 5.41) is 0. The van der Waals surface area contributed by atoms with Crippen LogP contribution in [0.15, 0.2) is 12.4 Å². The van der Waals surface area contributed by atoms with Crippen molar-refractivity contribution in [2.24, 2.45) is 0 Å². The van der Waals surface area contributed by atoms with Crippen molar-refractivity contribution in [1.29, 1.82) is 0 Å². The second-order valence-corrected chi connectivity index (χ2v) is 7.74. The Morgan fingerprint density at radius 2 is 1.24 bits per heavy atom. The van der Waals surface area contributed by atoms with Gasteiger partial charge >= 0.3 is 0 Å². The third kappa shape index (κ3) is 10.1. The minimum Gasteiger partial charge on any atom is -0.234 e. The van der Waals surface area contributed by atoms with Crippen LogP contribution >= 0.6 is 0 Å². The van der Waals surface area contributed by atoms with Gasteiger partial charge < -0.3 is 0 Å². The van der Waals surface area contributed by atoms with Crippen LogP contribution in [0.5, 0.6) is 0 Å². The highest BCUT2D eigenvalue weighted by Crippen LogP contribution is 2.10. The van der Waals surface area contributed by atoms with E-state index in [1.54, 1.807) is 5.82 Å². The Bertz CT molecular complexity index is 408. The predicted molar refractivity (Wildman–Crippen MR) is 110 cm³/mol. The van der Waals surface area contributed by atoms with E-state index in [1.807, 2.05) is 0 Å². The molecule has 0 atom stereocenters. The first kappa shape index (κ1) is 22.3. The molecule has 0 saturated heterocycles. The lowest BCUT2D eigenvalue weighted by Crippen LogP contribution is -2.37. The first-order chi connectivity index (χ1) is 12.3. The van der Waals surface area contributed by atoms with E-state index in [1.165, 1.54) is 109 Å². The van der Waals surface area contributed by atoms with Gasteiger partial charge in [-0.1, -0.05) is 78.6 Å². The number of hydrogen-bond acceptors (Lipinski definition) is 0. The molecule has 1 rings (SSSR count). The van der Waals surface area contributed by atoms with Crippen molar-refractivity contribution < 1.29 is 4.57 Å². The van der Waals surface area contributed by atoms with Gasteiger partial charge in [-0.25, -0.2) is 9.13 Å². The van der Waals surface area contributed by atoms with Gasteiger partial charge in [-0.2, -0.15) is 0 Å². The maximum atomic E-state index is 2.55. The Hall–Kier alpha value is -0.790. The van der Waals surface area contributed by atoms with Crippen molar-refractivity contribution in [2.75, 3.05) is 0 Å². The number of aryl methyl sites for hydroxylation is 2. The Kier molecular flexibility index (Phi) is 13.8. The number of aromatic nitrogens is 2. The van der Waals surface area contributed by atoms with Crippen LogP contribution in [-0.2, 0) is 19.5 Å². The second-order valence-electron chi connectivity index (χ2n) is 7.74. The monoisotopic (exact) mass is 349 g/mol. The van der Waals surface area contributed by atoms with E-state index in [9.17, 15) is 0 Å². The molecule has 0 fully saturated rings. The third-order valence-electron chi connectivity index (χ3n) is 5.35. The van der Waals surface area contributed by atoms with Crippen LogP contribution in [-0.4, -0.2) is 4.57 Å². The fourth-order valence-corrected chi connectivity index (χ4v) is 3.65. The van der Waals surface area contributed by atoms with E-state index in [-0.39, 0.29) is 0 Å². The van der Waals surface area contributed by atoms with Crippen molar-refractivity contribution >= 4 is 0 Å². The molecule has 0 spiro atoms. The summed E-state index contributed by atoms with van der Waals surface area (Å²) in [5.74, 6) is 1.57. The van der Waals surface area contributed by atoms with Crippen LogP contribution in [0.25, 0.3) is 0 Å². The summed E-state index contributed by atoms with van der Waals surface area (Å²) in [5.41, 5.74) is 0. The molecular weight excluding hydrogens is 304 g/mol. The molecule has 2 nitrogen and oxygen atoms in total. The summed E-state index contributed by atoms with van der Waals surface area (Å²) in [6.45, 7) is 9.32. The SMILES string of the molecule is CCCCCCCCCC[n+]1ccn(CCCCCC)c1CCCC. The molecule has 0 aromatic carbocycles. The molecule has 0 radical (unpaired) electrons. The lowest BCUT2D eigenvalue weighted by molar-refractivity contribution is -0.704. The Labute approximate surface area is 158 Å². The van der Waals surface area contributed by atoms with Crippen LogP contribution in [0.3, 0.4) is 0 Å². The van der Waals surface area contributed by atoms with Gasteiger partial charge in [0.1, 0.15) is 12.4 Å². The molecule has 0 aliphatic rings. The molecule has 0 amide bonds. The highest BCUT2D eigenvalue weighted by molar-refractivity contribution is 4.84. The average Bonchev–Trinajstić information content (AvgIpc) is 3.01. The largest absolute Gasteiger partial charge is 0.256 e. The van der Waals surface area contributed by atoms with Gasteiger partial charge in [-0.3, -0.25) is 0 Å². The van der Waals surface area contributed by atoms with E-state index >= 15 is 0 Å². The topological polar surface area (TPSA) is 8.81 Å². The van der Waals surface area contributed by atoms with Crippen molar-refractivity contribution in [3.05, 3.63) is 18.2 Å². The van der Waals surface area contributed by atoms with E-state index in [4.69, 9.17) is 0 Å². The summed E-state index contributed by atoms with van der Waals surface area (Å²) in [4.78, 5) is 0. The zero-order valence-corrected chi connectivity index (χ0v) is 17.6. The predicted octanol–water partition coefficient (Wildman–Crippen LogP) is 6.84. The molecule has 25 heavy (non-hydrogen) atoms. The fraction of sp³-hybridized carbons (Fsp3) is 0.870. The zero-order chi connectivity index (χ0) is 18.2. The molecule has 0 aliphatic carbocycles. The summed E-state index contributed by atoms with van der Waals surface area (Å²) in [7, 11) is 0. The van der Waals surface area contributed by atoms with E-state index in [2.05, 4.69) is 42.3 Å². The molecule has 1 heterocycles. The van der Waals surface area contributed by atoms with Crippen molar-refractivity contribution in [1.82, 2.24) is 4.57 Å². The smallest absolute Gasteiger partial charge is 0.234 e. The molecule has 0 aliphatic heterocycles. The molecule has 0 saturated carbocycles. The first-order valence-corrected chi connectivity index (χ1v) is 11.4. The van der Waals surface area contributed by atoms with Gasteiger partial charge in [0.05, 0.1) is 13.1 Å². The normalized spacial score (nSPS) is 11.3.